The molecular weight excluding hydrogens is 204 g/mol. The summed E-state index contributed by atoms with van der Waals surface area (Å²) in [6.07, 6.45) is 2.39. The van der Waals surface area contributed by atoms with Crippen molar-refractivity contribution >= 4 is 17.3 Å². The largest absolute Gasteiger partial charge is 0.478 e. The third-order valence-corrected chi connectivity index (χ3v) is 2.93. The number of rotatable bonds is 4. The monoisotopic (exact) mass is 220 g/mol. The molecule has 4 heteroatoms. The van der Waals surface area contributed by atoms with Gasteiger partial charge in [0.05, 0.1) is 5.56 Å². The molecule has 0 aliphatic heterocycles. The Morgan fingerprint density at radius 3 is 2.75 bits per heavy atom. The molecule has 4 nitrogen and oxygen atoms in total. The summed E-state index contributed by atoms with van der Waals surface area (Å²) in [6, 6.07) is 5.81. The van der Waals surface area contributed by atoms with Gasteiger partial charge in [-0.05, 0) is 38.0 Å². The van der Waals surface area contributed by atoms with Gasteiger partial charge in [0.15, 0.2) is 0 Å². The number of aromatic carboxylic acids is 1. The zero-order chi connectivity index (χ0) is 11.7. The summed E-state index contributed by atoms with van der Waals surface area (Å²) < 4.78 is 0. The Hall–Kier alpha value is -1.71. The Morgan fingerprint density at radius 2 is 2.25 bits per heavy atom. The van der Waals surface area contributed by atoms with Gasteiger partial charge in [-0.1, -0.05) is 0 Å². The van der Waals surface area contributed by atoms with Crippen molar-refractivity contribution in [2.24, 2.45) is 0 Å². The van der Waals surface area contributed by atoms with Crippen LogP contribution >= 0.6 is 0 Å². The molecule has 1 aliphatic carbocycles. The molecule has 2 rings (SSSR count). The maximum atomic E-state index is 11.0. The van der Waals surface area contributed by atoms with Crippen molar-refractivity contribution in [2.45, 2.75) is 25.8 Å². The Morgan fingerprint density at radius 1 is 1.56 bits per heavy atom. The maximum absolute atomic E-state index is 11.0. The van der Waals surface area contributed by atoms with E-state index < -0.39 is 5.97 Å². The Labute approximate surface area is 94.7 Å². The highest BCUT2D eigenvalue weighted by Crippen LogP contribution is 2.32. The molecule has 86 valence electrons. The molecular formula is C12H16N2O2. The van der Waals surface area contributed by atoms with E-state index in [9.17, 15) is 4.79 Å². The lowest BCUT2D eigenvalue weighted by molar-refractivity contribution is 0.0698. The zero-order valence-corrected chi connectivity index (χ0v) is 9.31. The maximum Gasteiger partial charge on any atom is 0.337 e. The van der Waals surface area contributed by atoms with Crippen LogP contribution < -0.4 is 10.6 Å². The highest BCUT2D eigenvalue weighted by atomic mass is 16.4. The van der Waals surface area contributed by atoms with Gasteiger partial charge in [0.2, 0.25) is 0 Å². The van der Waals surface area contributed by atoms with E-state index in [2.05, 4.69) is 11.8 Å². The number of anilines is 2. The summed E-state index contributed by atoms with van der Waals surface area (Å²) in [5, 5.41) is 9.00. The minimum absolute atomic E-state index is 0.191. The highest BCUT2D eigenvalue weighted by Gasteiger charge is 2.28. The van der Waals surface area contributed by atoms with E-state index in [4.69, 9.17) is 10.8 Å². The van der Waals surface area contributed by atoms with Crippen molar-refractivity contribution in [1.29, 1.82) is 0 Å². The fourth-order valence-corrected chi connectivity index (χ4v) is 1.95. The highest BCUT2D eigenvalue weighted by molar-refractivity contribution is 5.94. The fourth-order valence-electron chi connectivity index (χ4n) is 1.95. The quantitative estimate of drug-likeness (QED) is 0.761. The number of nitrogens with zero attached hydrogens (tertiary/aromatic N) is 1. The molecule has 0 heterocycles. The predicted molar refractivity (Wildman–Crippen MR) is 63.9 cm³/mol. The van der Waals surface area contributed by atoms with Crippen LogP contribution in [0.25, 0.3) is 0 Å². The van der Waals surface area contributed by atoms with Crippen molar-refractivity contribution in [1.82, 2.24) is 0 Å². The first-order valence-corrected chi connectivity index (χ1v) is 5.53. The van der Waals surface area contributed by atoms with Crippen molar-refractivity contribution in [3.05, 3.63) is 23.8 Å². The van der Waals surface area contributed by atoms with Gasteiger partial charge < -0.3 is 15.7 Å². The van der Waals surface area contributed by atoms with Gasteiger partial charge >= 0.3 is 5.97 Å². The van der Waals surface area contributed by atoms with Crippen LogP contribution in [0.4, 0.5) is 11.4 Å². The molecule has 1 aromatic carbocycles. The van der Waals surface area contributed by atoms with E-state index in [-0.39, 0.29) is 5.56 Å². The first-order chi connectivity index (χ1) is 7.63. The molecule has 0 atom stereocenters. The minimum atomic E-state index is -0.966. The van der Waals surface area contributed by atoms with Crippen LogP contribution in [0.1, 0.15) is 30.1 Å². The van der Waals surface area contributed by atoms with Gasteiger partial charge in [-0.2, -0.15) is 0 Å². The van der Waals surface area contributed by atoms with Crippen LogP contribution in [-0.4, -0.2) is 23.7 Å². The van der Waals surface area contributed by atoms with Crippen LogP contribution in [0.5, 0.6) is 0 Å². The molecule has 3 N–H and O–H groups in total. The Bertz CT molecular complexity index is 413. The van der Waals surface area contributed by atoms with Crippen LogP contribution in [0.2, 0.25) is 0 Å². The van der Waals surface area contributed by atoms with E-state index in [1.54, 1.807) is 12.1 Å². The summed E-state index contributed by atoms with van der Waals surface area (Å²) in [6.45, 7) is 2.97. The topological polar surface area (TPSA) is 66.6 Å². The minimum Gasteiger partial charge on any atom is -0.478 e. The second kappa shape index (κ2) is 4.04. The molecule has 0 spiro atoms. The smallest absolute Gasteiger partial charge is 0.337 e. The van der Waals surface area contributed by atoms with Crippen molar-refractivity contribution < 1.29 is 9.90 Å². The molecule has 0 unspecified atom stereocenters. The average molecular weight is 220 g/mol. The first-order valence-electron chi connectivity index (χ1n) is 5.53. The van der Waals surface area contributed by atoms with Crippen LogP contribution in [0.15, 0.2) is 18.2 Å². The molecule has 0 aromatic heterocycles. The molecule has 1 aromatic rings. The summed E-state index contributed by atoms with van der Waals surface area (Å²) in [5.74, 6) is -0.966. The zero-order valence-electron chi connectivity index (χ0n) is 9.31. The van der Waals surface area contributed by atoms with Crippen molar-refractivity contribution in [3.8, 4) is 0 Å². The number of nitrogen functional groups attached to an aromatic ring is 1. The predicted octanol–water partition coefficient (Wildman–Crippen LogP) is 1.96. The number of hydrogen-bond donors (Lipinski definition) is 2. The third kappa shape index (κ3) is 1.96. The van der Waals surface area contributed by atoms with E-state index in [1.165, 1.54) is 12.8 Å². The standard InChI is InChI=1S/C12H16N2O2/c1-2-14(8-3-4-8)9-5-6-11(13)10(7-9)12(15)16/h5-8H,2-4,13H2,1H3,(H,15,16). The molecule has 16 heavy (non-hydrogen) atoms. The number of carboxylic acids is 1. The van der Waals surface area contributed by atoms with Crippen LogP contribution in [0, 0.1) is 0 Å². The first kappa shape index (κ1) is 10.8. The number of hydrogen-bond acceptors (Lipinski definition) is 3. The summed E-state index contributed by atoms with van der Waals surface area (Å²) in [4.78, 5) is 13.2. The number of benzene rings is 1. The fraction of sp³-hybridized carbons (Fsp3) is 0.417. The lowest BCUT2D eigenvalue weighted by atomic mass is 10.1. The van der Waals surface area contributed by atoms with E-state index >= 15 is 0 Å². The summed E-state index contributed by atoms with van der Waals surface area (Å²) in [7, 11) is 0. The molecule has 1 aliphatic rings. The average Bonchev–Trinajstić information content (AvgIpc) is 3.05. The summed E-state index contributed by atoms with van der Waals surface area (Å²) >= 11 is 0. The van der Waals surface area contributed by atoms with Gasteiger partial charge in [-0.25, -0.2) is 4.79 Å². The van der Waals surface area contributed by atoms with Crippen molar-refractivity contribution in [3.63, 3.8) is 0 Å². The molecule has 1 fully saturated rings. The molecule has 0 saturated heterocycles. The molecule has 0 amide bonds. The van der Waals surface area contributed by atoms with Gasteiger partial charge in [0.1, 0.15) is 0 Å². The number of nitrogens with two attached hydrogens (primary N) is 1. The van der Waals surface area contributed by atoms with Gasteiger partial charge in [0.25, 0.3) is 0 Å². The lowest BCUT2D eigenvalue weighted by Gasteiger charge is -2.23. The second-order valence-corrected chi connectivity index (χ2v) is 4.09. The second-order valence-electron chi connectivity index (χ2n) is 4.09. The Balaban J connectivity index is 2.33. The van der Waals surface area contributed by atoms with Crippen molar-refractivity contribution in [2.75, 3.05) is 17.2 Å². The number of carboxylic acid groups (broad SMARTS) is 1. The van der Waals surface area contributed by atoms with E-state index in [0.29, 0.717) is 11.7 Å². The molecule has 0 bridgehead atoms. The van der Waals surface area contributed by atoms with Gasteiger partial charge in [0, 0.05) is 24.0 Å². The van der Waals surface area contributed by atoms with Crippen LogP contribution in [-0.2, 0) is 0 Å². The third-order valence-electron chi connectivity index (χ3n) is 2.93. The van der Waals surface area contributed by atoms with E-state index in [1.807, 2.05) is 6.07 Å². The lowest BCUT2D eigenvalue weighted by Crippen LogP contribution is -2.25. The molecule has 1 saturated carbocycles. The normalized spacial score (nSPS) is 14.8. The van der Waals surface area contributed by atoms with Gasteiger partial charge in [-0.3, -0.25) is 0 Å². The van der Waals surface area contributed by atoms with Gasteiger partial charge in [-0.15, -0.1) is 0 Å². The van der Waals surface area contributed by atoms with E-state index in [0.717, 1.165) is 12.2 Å². The van der Waals surface area contributed by atoms with Crippen LogP contribution in [0.3, 0.4) is 0 Å². The Kier molecular flexibility index (Phi) is 2.73. The number of carbonyl (C=O) groups is 1. The summed E-state index contributed by atoms with van der Waals surface area (Å²) in [5.41, 5.74) is 7.09. The SMILES string of the molecule is CCN(c1ccc(N)c(C(=O)O)c1)C1CC1. The molecule has 0 radical (unpaired) electrons.